The van der Waals surface area contributed by atoms with Gasteiger partial charge in [0.05, 0.1) is 0 Å². The third-order valence-corrected chi connectivity index (χ3v) is 4.05. The first-order chi connectivity index (χ1) is 9.67. The number of rotatable bonds is 5. The first kappa shape index (κ1) is 13.6. The summed E-state index contributed by atoms with van der Waals surface area (Å²) in [5.41, 5.74) is -0.163. The summed E-state index contributed by atoms with van der Waals surface area (Å²) in [4.78, 5) is 20.4. The molecule has 0 aromatic carbocycles. The fourth-order valence-electron chi connectivity index (χ4n) is 1.94. The first-order valence-electron chi connectivity index (χ1n) is 6.55. The summed E-state index contributed by atoms with van der Waals surface area (Å²) in [6.07, 6.45) is 3.79. The molecule has 1 N–H and O–H groups in total. The molecule has 1 aliphatic carbocycles. The van der Waals surface area contributed by atoms with E-state index in [4.69, 9.17) is 11.6 Å². The molecule has 2 aromatic heterocycles. The lowest BCUT2D eigenvalue weighted by atomic mass is 10.3. The van der Waals surface area contributed by atoms with Crippen LogP contribution < -0.4 is 5.69 Å². The van der Waals surface area contributed by atoms with Gasteiger partial charge in [0, 0.05) is 18.5 Å². The molecule has 20 heavy (non-hydrogen) atoms. The molecule has 3 rings (SSSR count). The van der Waals surface area contributed by atoms with Gasteiger partial charge in [-0.1, -0.05) is 18.5 Å². The van der Waals surface area contributed by atoms with E-state index in [-0.39, 0.29) is 11.7 Å². The Labute approximate surface area is 125 Å². The molecule has 0 unspecified atom stereocenters. The molecule has 2 heterocycles. The third kappa shape index (κ3) is 2.88. The van der Waals surface area contributed by atoms with E-state index in [0.717, 1.165) is 31.5 Å². The second-order valence-corrected chi connectivity index (χ2v) is 6.08. The molecule has 1 aliphatic rings. The van der Waals surface area contributed by atoms with Crippen molar-refractivity contribution in [1.82, 2.24) is 24.7 Å². The number of H-pyrrole nitrogens is 1. The van der Waals surface area contributed by atoms with Gasteiger partial charge in [0.15, 0.2) is 5.16 Å². The van der Waals surface area contributed by atoms with Gasteiger partial charge in [-0.25, -0.2) is 19.9 Å². The highest BCUT2D eigenvalue weighted by Gasteiger charge is 2.29. The minimum atomic E-state index is -0.163. The summed E-state index contributed by atoms with van der Waals surface area (Å²) < 4.78 is 1.69. The Balaban J connectivity index is 1.89. The lowest BCUT2D eigenvalue weighted by molar-refractivity contribution is 0.642. The normalized spacial score (nSPS) is 14.7. The molecule has 0 saturated heterocycles. The molecule has 106 valence electrons. The molecule has 0 atom stereocenters. The summed E-state index contributed by atoms with van der Waals surface area (Å²) >= 11 is 7.35. The monoisotopic (exact) mass is 311 g/mol. The SMILES string of the molecule is CCCc1nc(Cl)cc(Sc2n[nH]c(=O)n2C2CC2)n1. The van der Waals surface area contributed by atoms with Crippen molar-refractivity contribution in [1.29, 1.82) is 0 Å². The maximum Gasteiger partial charge on any atom is 0.344 e. The molecule has 6 nitrogen and oxygen atoms in total. The van der Waals surface area contributed by atoms with Crippen LogP contribution in [0.15, 0.2) is 21.0 Å². The molecule has 0 radical (unpaired) electrons. The van der Waals surface area contributed by atoms with Crippen molar-refractivity contribution in [2.24, 2.45) is 0 Å². The fourth-order valence-corrected chi connectivity index (χ4v) is 3.14. The van der Waals surface area contributed by atoms with Crippen molar-refractivity contribution in [3.8, 4) is 0 Å². The van der Waals surface area contributed by atoms with Gasteiger partial charge in [-0.05, 0) is 31.0 Å². The number of aromatic nitrogens is 5. The van der Waals surface area contributed by atoms with E-state index in [1.165, 1.54) is 11.8 Å². The topological polar surface area (TPSA) is 76.5 Å². The minimum absolute atomic E-state index is 0.163. The smallest absolute Gasteiger partial charge is 0.267 e. The maximum atomic E-state index is 11.7. The van der Waals surface area contributed by atoms with E-state index in [1.807, 2.05) is 0 Å². The summed E-state index contributed by atoms with van der Waals surface area (Å²) in [7, 11) is 0. The predicted octanol–water partition coefficient (Wildman–Crippen LogP) is 2.45. The van der Waals surface area contributed by atoms with Crippen molar-refractivity contribution >= 4 is 23.4 Å². The standard InChI is InChI=1S/C12H14ClN5OS/c1-2-3-9-14-8(13)6-10(15-9)20-12-17-16-11(19)18(12)7-4-5-7/h6-7H,2-5H2,1H3,(H,16,19). The van der Waals surface area contributed by atoms with Crippen molar-refractivity contribution < 1.29 is 0 Å². The van der Waals surface area contributed by atoms with Gasteiger partial charge < -0.3 is 0 Å². The lowest BCUT2D eigenvalue weighted by Gasteiger charge is -2.05. The molecule has 0 aliphatic heterocycles. The zero-order valence-corrected chi connectivity index (χ0v) is 12.5. The predicted molar refractivity (Wildman–Crippen MR) is 76.3 cm³/mol. The number of hydrogen-bond acceptors (Lipinski definition) is 5. The van der Waals surface area contributed by atoms with Gasteiger partial charge in [0.2, 0.25) is 0 Å². The van der Waals surface area contributed by atoms with Crippen LogP contribution in [0, 0.1) is 0 Å². The minimum Gasteiger partial charge on any atom is -0.267 e. The van der Waals surface area contributed by atoms with Crippen LogP contribution in [-0.4, -0.2) is 24.7 Å². The molecular weight excluding hydrogens is 298 g/mol. The van der Waals surface area contributed by atoms with Crippen LogP contribution >= 0.6 is 23.4 Å². The Morgan fingerprint density at radius 3 is 3.00 bits per heavy atom. The van der Waals surface area contributed by atoms with Crippen LogP contribution in [0.1, 0.15) is 38.1 Å². The van der Waals surface area contributed by atoms with E-state index in [1.54, 1.807) is 10.6 Å². The summed E-state index contributed by atoms with van der Waals surface area (Å²) in [6, 6.07) is 1.97. The highest BCUT2D eigenvalue weighted by Crippen LogP contribution is 2.37. The summed E-state index contributed by atoms with van der Waals surface area (Å²) in [6.45, 7) is 2.07. The van der Waals surface area contributed by atoms with Crippen molar-refractivity contribution in [2.75, 3.05) is 0 Å². The fraction of sp³-hybridized carbons (Fsp3) is 0.500. The Morgan fingerprint density at radius 2 is 2.30 bits per heavy atom. The maximum absolute atomic E-state index is 11.7. The lowest BCUT2D eigenvalue weighted by Crippen LogP contribution is -2.16. The van der Waals surface area contributed by atoms with Gasteiger partial charge in [0.1, 0.15) is 16.0 Å². The zero-order valence-electron chi connectivity index (χ0n) is 11.0. The second kappa shape index (κ2) is 5.57. The molecule has 8 heteroatoms. The first-order valence-corrected chi connectivity index (χ1v) is 7.75. The van der Waals surface area contributed by atoms with Gasteiger partial charge in [0.25, 0.3) is 0 Å². The van der Waals surface area contributed by atoms with E-state index in [2.05, 4.69) is 27.1 Å². The number of hydrogen-bond donors (Lipinski definition) is 1. The largest absolute Gasteiger partial charge is 0.344 e. The van der Waals surface area contributed by atoms with Crippen LogP contribution in [-0.2, 0) is 6.42 Å². The molecule has 2 aromatic rings. The Morgan fingerprint density at radius 1 is 1.50 bits per heavy atom. The highest BCUT2D eigenvalue weighted by molar-refractivity contribution is 7.99. The Kier molecular flexibility index (Phi) is 3.80. The van der Waals surface area contributed by atoms with Gasteiger partial charge >= 0.3 is 5.69 Å². The number of halogens is 1. The molecule has 0 spiro atoms. The third-order valence-electron chi connectivity index (χ3n) is 2.97. The average Bonchev–Trinajstić information content (AvgIpc) is 3.15. The number of aryl methyl sites for hydroxylation is 1. The Hall–Kier alpha value is -1.34. The van der Waals surface area contributed by atoms with Crippen molar-refractivity contribution in [2.45, 2.75) is 48.8 Å². The van der Waals surface area contributed by atoms with E-state index in [0.29, 0.717) is 15.3 Å². The number of nitrogens with one attached hydrogen (secondary N) is 1. The summed E-state index contributed by atoms with van der Waals surface area (Å²) in [5, 5.41) is 8.33. The van der Waals surface area contributed by atoms with Gasteiger partial charge in [-0.3, -0.25) is 4.57 Å². The molecule has 1 fully saturated rings. The average molecular weight is 312 g/mol. The van der Waals surface area contributed by atoms with E-state index in [9.17, 15) is 4.79 Å². The van der Waals surface area contributed by atoms with Crippen LogP contribution in [0.2, 0.25) is 5.15 Å². The Bertz CT molecular complexity index is 679. The second-order valence-electron chi connectivity index (χ2n) is 4.71. The van der Waals surface area contributed by atoms with E-state index >= 15 is 0 Å². The van der Waals surface area contributed by atoms with Crippen molar-refractivity contribution in [3.63, 3.8) is 0 Å². The zero-order chi connectivity index (χ0) is 14.1. The number of aromatic amines is 1. The van der Waals surface area contributed by atoms with E-state index < -0.39 is 0 Å². The van der Waals surface area contributed by atoms with Crippen LogP contribution in [0.4, 0.5) is 0 Å². The number of nitrogens with zero attached hydrogens (tertiary/aromatic N) is 4. The van der Waals surface area contributed by atoms with Crippen LogP contribution in [0.25, 0.3) is 0 Å². The summed E-state index contributed by atoms with van der Waals surface area (Å²) in [5.74, 6) is 0.721. The van der Waals surface area contributed by atoms with Gasteiger partial charge in [-0.2, -0.15) is 0 Å². The molecule has 0 amide bonds. The van der Waals surface area contributed by atoms with Gasteiger partial charge in [-0.15, -0.1) is 5.10 Å². The molecule has 0 bridgehead atoms. The van der Waals surface area contributed by atoms with Crippen LogP contribution in [0.3, 0.4) is 0 Å². The molecular formula is C12H14ClN5OS. The quantitative estimate of drug-likeness (QED) is 0.858. The van der Waals surface area contributed by atoms with Crippen molar-refractivity contribution in [3.05, 3.63) is 27.5 Å². The van der Waals surface area contributed by atoms with Crippen LogP contribution in [0.5, 0.6) is 0 Å². The molecule has 1 saturated carbocycles. The highest BCUT2D eigenvalue weighted by atomic mass is 35.5.